The Labute approximate surface area is 292 Å². The molecular formula is C48H34N2. The van der Waals surface area contributed by atoms with Gasteiger partial charge in [-0.05, 0) is 90.3 Å². The molecule has 0 bridgehead atoms. The maximum Gasteiger partial charge on any atom is 0.0678 e. The van der Waals surface area contributed by atoms with Gasteiger partial charge in [0, 0.05) is 36.8 Å². The van der Waals surface area contributed by atoms with Gasteiger partial charge in [-0.3, -0.25) is 0 Å². The third-order valence-corrected chi connectivity index (χ3v) is 12.2. The highest BCUT2D eigenvalue weighted by Crippen LogP contribution is 2.73. The molecule has 3 aliphatic rings. The largest absolute Gasteiger partial charge is 0.344 e. The number of hydrogen-bond acceptors (Lipinski definition) is 2. The van der Waals surface area contributed by atoms with Crippen molar-refractivity contribution in [1.82, 2.24) is 0 Å². The van der Waals surface area contributed by atoms with Crippen LogP contribution in [0.2, 0.25) is 0 Å². The standard InChI is InChI=1S/C48H34N2/c1-49-41-23-11-7-19-35(41)47(36-20-8-12-24-42(36)49)39-29-27-31-15-3-5-17-33(31)45(39)46-34-18-6-4-16-32(34)28-30-40(46)48(47)37-21-9-13-25-43(37)50(2)44-26-14-10-22-38(44)48/h3-30H,1-2H3. The van der Waals surface area contributed by atoms with Gasteiger partial charge in [-0.25, -0.2) is 0 Å². The molecule has 2 heteroatoms. The van der Waals surface area contributed by atoms with Crippen LogP contribution in [-0.2, 0) is 10.8 Å². The monoisotopic (exact) mass is 638 g/mol. The van der Waals surface area contributed by atoms with Crippen molar-refractivity contribution >= 4 is 44.3 Å². The average Bonchev–Trinajstić information content (AvgIpc) is 3.19. The van der Waals surface area contributed by atoms with Gasteiger partial charge in [-0.15, -0.1) is 0 Å². The Morgan fingerprint density at radius 2 is 0.600 bits per heavy atom. The lowest BCUT2D eigenvalue weighted by atomic mass is 9.41. The molecule has 0 aromatic heterocycles. The molecule has 11 rings (SSSR count). The Balaban J connectivity index is 1.51. The highest BCUT2D eigenvalue weighted by atomic mass is 15.1. The van der Waals surface area contributed by atoms with Crippen LogP contribution in [0.25, 0.3) is 32.7 Å². The lowest BCUT2D eigenvalue weighted by Gasteiger charge is -2.62. The van der Waals surface area contributed by atoms with E-state index in [1.54, 1.807) is 0 Å². The minimum Gasteiger partial charge on any atom is -0.344 e. The Kier molecular flexibility index (Phi) is 5.41. The van der Waals surface area contributed by atoms with Crippen molar-refractivity contribution in [3.63, 3.8) is 0 Å². The summed E-state index contributed by atoms with van der Waals surface area (Å²) >= 11 is 0. The van der Waals surface area contributed by atoms with Crippen LogP contribution in [0, 0.1) is 0 Å². The molecule has 0 unspecified atom stereocenters. The summed E-state index contributed by atoms with van der Waals surface area (Å²) in [7, 11) is 4.47. The van der Waals surface area contributed by atoms with E-state index in [2.05, 4.69) is 194 Å². The number of benzene rings is 8. The lowest BCUT2D eigenvalue weighted by molar-refractivity contribution is 0.410. The zero-order chi connectivity index (χ0) is 33.2. The predicted molar refractivity (Wildman–Crippen MR) is 209 cm³/mol. The van der Waals surface area contributed by atoms with Crippen LogP contribution < -0.4 is 9.80 Å². The molecular weight excluding hydrogens is 605 g/mol. The van der Waals surface area contributed by atoms with Crippen molar-refractivity contribution in [1.29, 1.82) is 0 Å². The van der Waals surface area contributed by atoms with Gasteiger partial charge in [0.2, 0.25) is 0 Å². The Morgan fingerprint density at radius 3 is 0.960 bits per heavy atom. The smallest absolute Gasteiger partial charge is 0.0678 e. The highest BCUT2D eigenvalue weighted by Gasteiger charge is 2.66. The SMILES string of the molecule is CN1c2ccccc2C2(c3ccccc31)c1ccc3ccccc3c1-c1c(ccc3ccccc13)C21c2ccccc2N(C)c2ccccc21. The van der Waals surface area contributed by atoms with E-state index >= 15 is 0 Å². The van der Waals surface area contributed by atoms with Crippen LogP contribution in [0.3, 0.4) is 0 Å². The molecule has 0 amide bonds. The molecule has 0 fully saturated rings. The van der Waals surface area contributed by atoms with E-state index < -0.39 is 10.8 Å². The fraction of sp³-hybridized carbons (Fsp3) is 0.0833. The van der Waals surface area contributed by atoms with E-state index in [0.717, 1.165) is 0 Å². The maximum absolute atomic E-state index is 2.48. The second-order valence-electron chi connectivity index (χ2n) is 14.1. The summed E-state index contributed by atoms with van der Waals surface area (Å²) in [6.45, 7) is 0. The first-order chi connectivity index (χ1) is 24.7. The fourth-order valence-corrected chi connectivity index (χ4v) is 10.4. The Hall–Kier alpha value is -6.12. The van der Waals surface area contributed by atoms with Crippen LogP contribution in [-0.4, -0.2) is 14.1 Å². The van der Waals surface area contributed by atoms with Gasteiger partial charge >= 0.3 is 0 Å². The molecule has 8 aromatic rings. The number of rotatable bonds is 0. The molecule has 0 saturated carbocycles. The fourth-order valence-electron chi connectivity index (χ4n) is 10.4. The van der Waals surface area contributed by atoms with Crippen molar-refractivity contribution < 1.29 is 0 Å². The molecule has 50 heavy (non-hydrogen) atoms. The van der Waals surface area contributed by atoms with Gasteiger partial charge in [0.15, 0.2) is 0 Å². The topological polar surface area (TPSA) is 6.48 Å². The van der Waals surface area contributed by atoms with Crippen molar-refractivity contribution in [3.05, 3.63) is 203 Å². The summed E-state index contributed by atoms with van der Waals surface area (Å²) in [6, 6.07) is 64.4. The van der Waals surface area contributed by atoms with Crippen LogP contribution >= 0.6 is 0 Å². The summed E-state index contributed by atoms with van der Waals surface area (Å²) < 4.78 is 0. The van der Waals surface area contributed by atoms with E-state index in [1.807, 2.05) is 0 Å². The van der Waals surface area contributed by atoms with Crippen molar-refractivity contribution in [2.75, 3.05) is 23.9 Å². The van der Waals surface area contributed by atoms with Gasteiger partial charge in [0.05, 0.1) is 10.8 Å². The number of para-hydroxylation sites is 4. The summed E-state index contributed by atoms with van der Waals surface area (Å²) in [5, 5.41) is 5.10. The molecule has 2 spiro atoms. The minimum absolute atomic E-state index is 0.644. The molecule has 0 N–H and O–H groups in total. The van der Waals surface area contributed by atoms with Crippen molar-refractivity contribution in [3.8, 4) is 11.1 Å². The molecule has 236 valence electrons. The van der Waals surface area contributed by atoms with Crippen LogP contribution in [0.1, 0.15) is 33.4 Å². The third-order valence-electron chi connectivity index (χ3n) is 12.2. The predicted octanol–water partition coefficient (Wildman–Crippen LogP) is 11.5. The Bertz CT molecular complexity index is 2440. The first kappa shape index (κ1) is 27.8. The Morgan fingerprint density at radius 1 is 0.300 bits per heavy atom. The molecule has 8 aromatic carbocycles. The normalized spacial score (nSPS) is 15.6. The summed E-state index contributed by atoms with van der Waals surface area (Å²) in [5.41, 5.74) is 14.3. The van der Waals surface area contributed by atoms with Crippen molar-refractivity contribution in [2.24, 2.45) is 0 Å². The summed E-state index contributed by atoms with van der Waals surface area (Å²) in [4.78, 5) is 4.82. The minimum atomic E-state index is -0.644. The molecule has 2 nitrogen and oxygen atoms in total. The van der Waals surface area contributed by atoms with Gasteiger partial charge in [0.25, 0.3) is 0 Å². The van der Waals surface area contributed by atoms with E-state index in [9.17, 15) is 0 Å². The molecule has 1 aliphatic carbocycles. The quantitative estimate of drug-likeness (QED) is 0.163. The van der Waals surface area contributed by atoms with Gasteiger partial charge in [-0.2, -0.15) is 0 Å². The lowest BCUT2D eigenvalue weighted by Crippen LogP contribution is -2.58. The summed E-state index contributed by atoms with van der Waals surface area (Å²) in [5.74, 6) is 0. The van der Waals surface area contributed by atoms with E-state index in [0.29, 0.717) is 0 Å². The zero-order valence-electron chi connectivity index (χ0n) is 28.1. The zero-order valence-corrected chi connectivity index (χ0v) is 28.1. The number of nitrogens with zero attached hydrogens (tertiary/aromatic N) is 2. The van der Waals surface area contributed by atoms with E-state index in [4.69, 9.17) is 0 Å². The van der Waals surface area contributed by atoms with Gasteiger partial charge in [0.1, 0.15) is 0 Å². The second kappa shape index (κ2) is 9.74. The average molecular weight is 639 g/mol. The molecule has 2 heterocycles. The number of fused-ring (bicyclic) bond motifs is 18. The first-order valence-corrected chi connectivity index (χ1v) is 17.6. The second-order valence-corrected chi connectivity index (χ2v) is 14.1. The number of anilines is 4. The molecule has 0 radical (unpaired) electrons. The molecule has 0 saturated heterocycles. The first-order valence-electron chi connectivity index (χ1n) is 17.6. The van der Waals surface area contributed by atoms with Crippen molar-refractivity contribution in [2.45, 2.75) is 10.8 Å². The summed E-state index contributed by atoms with van der Waals surface area (Å²) in [6.07, 6.45) is 0. The maximum atomic E-state index is 2.48. The molecule has 0 atom stereocenters. The highest BCUT2D eigenvalue weighted by molar-refractivity contribution is 6.12. The van der Waals surface area contributed by atoms with Crippen LogP contribution in [0.4, 0.5) is 22.7 Å². The van der Waals surface area contributed by atoms with Crippen LogP contribution in [0.5, 0.6) is 0 Å². The van der Waals surface area contributed by atoms with Crippen LogP contribution in [0.15, 0.2) is 170 Å². The third kappa shape index (κ3) is 3.07. The van der Waals surface area contributed by atoms with E-state index in [1.165, 1.54) is 88.8 Å². The molecule has 2 aliphatic heterocycles. The number of hydrogen-bond donors (Lipinski definition) is 0. The van der Waals surface area contributed by atoms with E-state index in [-0.39, 0.29) is 0 Å². The van der Waals surface area contributed by atoms with Gasteiger partial charge in [-0.1, -0.05) is 146 Å². The van der Waals surface area contributed by atoms with Gasteiger partial charge < -0.3 is 9.80 Å².